The first kappa shape index (κ1) is 17.2. The zero-order valence-electron chi connectivity index (χ0n) is 14.9. The van der Waals surface area contributed by atoms with Gasteiger partial charge in [0.2, 0.25) is 0 Å². The average molecular weight is 340 g/mol. The van der Waals surface area contributed by atoms with E-state index in [1.807, 2.05) is 29.9 Å². The lowest BCUT2D eigenvalue weighted by atomic mass is 10.1. The maximum atomic E-state index is 12.6. The molecule has 1 aromatic carbocycles. The molecule has 0 bridgehead atoms. The summed E-state index contributed by atoms with van der Waals surface area (Å²) < 4.78 is 1.86. The largest absolute Gasteiger partial charge is 0.319 e. The predicted octanol–water partition coefficient (Wildman–Crippen LogP) is 2.66. The molecular weight excluding hydrogens is 316 g/mol. The number of H-pyrrole nitrogens is 1. The summed E-state index contributed by atoms with van der Waals surface area (Å²) >= 11 is 0. The number of aryl methyl sites for hydroxylation is 1. The van der Waals surface area contributed by atoms with E-state index in [0.717, 1.165) is 42.6 Å². The van der Waals surface area contributed by atoms with Crippen LogP contribution in [0.5, 0.6) is 0 Å². The zero-order valence-corrected chi connectivity index (χ0v) is 14.9. The summed E-state index contributed by atoms with van der Waals surface area (Å²) in [6.07, 6.45) is 5.27. The molecule has 1 amide bonds. The first-order valence-corrected chi connectivity index (χ1v) is 8.60. The van der Waals surface area contributed by atoms with Crippen LogP contribution in [-0.2, 0) is 6.54 Å². The molecule has 7 heteroatoms. The lowest BCUT2D eigenvalue weighted by Crippen LogP contribution is -2.27. The van der Waals surface area contributed by atoms with Crippen molar-refractivity contribution < 1.29 is 4.79 Å². The van der Waals surface area contributed by atoms with Crippen molar-refractivity contribution >= 4 is 22.5 Å². The maximum absolute atomic E-state index is 12.6. The van der Waals surface area contributed by atoms with Gasteiger partial charge in [0.15, 0.2) is 0 Å². The fourth-order valence-corrected chi connectivity index (χ4v) is 2.92. The van der Waals surface area contributed by atoms with Gasteiger partial charge in [-0.2, -0.15) is 10.2 Å². The standard InChI is InChI=1S/C18H24N6O/c1-4-23(5-2)6-7-24-12-15(11-20-24)21-18(25)16-9-13(3)8-14-10-19-22-17(14)16/h8-12H,4-7H2,1-3H3,(H,19,22)(H,21,25). The molecule has 0 aliphatic carbocycles. The van der Waals surface area contributed by atoms with Crippen molar-refractivity contribution in [2.45, 2.75) is 27.3 Å². The van der Waals surface area contributed by atoms with Crippen molar-refractivity contribution in [3.63, 3.8) is 0 Å². The van der Waals surface area contributed by atoms with Crippen molar-refractivity contribution in [2.75, 3.05) is 25.0 Å². The van der Waals surface area contributed by atoms with Gasteiger partial charge in [-0.1, -0.05) is 13.8 Å². The normalized spacial score (nSPS) is 11.4. The van der Waals surface area contributed by atoms with Crippen LogP contribution in [0.1, 0.15) is 29.8 Å². The molecule has 0 spiro atoms. The Morgan fingerprint density at radius 3 is 2.84 bits per heavy atom. The van der Waals surface area contributed by atoms with Gasteiger partial charge in [0.05, 0.1) is 35.7 Å². The van der Waals surface area contributed by atoms with Gasteiger partial charge in [-0.3, -0.25) is 14.6 Å². The SMILES string of the molecule is CCN(CC)CCn1cc(NC(=O)c2cc(C)cc3cn[nH]c23)cn1. The number of carbonyl (C=O) groups excluding carboxylic acids is 1. The van der Waals surface area contributed by atoms with Gasteiger partial charge in [-0.15, -0.1) is 0 Å². The Bertz CT molecular complexity index is 861. The van der Waals surface area contributed by atoms with E-state index >= 15 is 0 Å². The Morgan fingerprint density at radius 1 is 1.28 bits per heavy atom. The molecule has 0 radical (unpaired) electrons. The number of hydrogen-bond donors (Lipinski definition) is 2. The number of hydrogen-bond acceptors (Lipinski definition) is 4. The van der Waals surface area contributed by atoms with E-state index in [2.05, 4.69) is 39.4 Å². The van der Waals surface area contributed by atoms with E-state index in [9.17, 15) is 4.79 Å². The number of nitrogens with zero attached hydrogens (tertiary/aromatic N) is 4. The summed E-state index contributed by atoms with van der Waals surface area (Å²) in [6, 6.07) is 3.86. The highest BCUT2D eigenvalue weighted by Crippen LogP contribution is 2.20. The molecule has 0 unspecified atom stereocenters. The highest BCUT2D eigenvalue weighted by Gasteiger charge is 2.13. The van der Waals surface area contributed by atoms with Gasteiger partial charge in [-0.05, 0) is 37.7 Å². The second kappa shape index (κ2) is 7.48. The number of anilines is 1. The van der Waals surface area contributed by atoms with Crippen LogP contribution in [-0.4, -0.2) is 50.4 Å². The van der Waals surface area contributed by atoms with Crippen LogP contribution in [0.2, 0.25) is 0 Å². The van der Waals surface area contributed by atoms with E-state index in [1.165, 1.54) is 0 Å². The number of amides is 1. The molecule has 3 aromatic rings. The Kier molecular flexibility index (Phi) is 5.14. The van der Waals surface area contributed by atoms with Crippen molar-refractivity contribution in [2.24, 2.45) is 0 Å². The molecule has 0 saturated carbocycles. The van der Waals surface area contributed by atoms with Crippen LogP contribution >= 0.6 is 0 Å². The number of carbonyl (C=O) groups is 1. The topological polar surface area (TPSA) is 78.8 Å². The summed E-state index contributed by atoms with van der Waals surface area (Å²) in [5.74, 6) is -0.166. The van der Waals surface area contributed by atoms with Crippen LogP contribution in [0, 0.1) is 6.92 Å². The second-order valence-electron chi connectivity index (χ2n) is 6.12. The molecule has 0 saturated heterocycles. The average Bonchev–Trinajstić information content (AvgIpc) is 3.24. The zero-order chi connectivity index (χ0) is 17.8. The highest BCUT2D eigenvalue weighted by atomic mass is 16.1. The molecule has 132 valence electrons. The molecule has 0 atom stereocenters. The molecular formula is C18H24N6O. The van der Waals surface area contributed by atoms with E-state index < -0.39 is 0 Å². The third-order valence-electron chi connectivity index (χ3n) is 4.37. The lowest BCUT2D eigenvalue weighted by molar-refractivity contribution is 0.102. The highest BCUT2D eigenvalue weighted by molar-refractivity contribution is 6.11. The number of likely N-dealkylation sites (N-methyl/N-ethyl adjacent to an activating group) is 1. The Morgan fingerprint density at radius 2 is 2.08 bits per heavy atom. The fourth-order valence-electron chi connectivity index (χ4n) is 2.92. The van der Waals surface area contributed by atoms with Crippen LogP contribution in [0.4, 0.5) is 5.69 Å². The number of aromatic nitrogens is 4. The quantitative estimate of drug-likeness (QED) is 0.693. The number of nitrogens with one attached hydrogen (secondary N) is 2. The predicted molar refractivity (Wildman–Crippen MR) is 98.8 cm³/mol. The molecule has 2 heterocycles. The van der Waals surface area contributed by atoms with Gasteiger partial charge in [0, 0.05) is 18.1 Å². The molecule has 0 fully saturated rings. The molecule has 0 aliphatic heterocycles. The first-order valence-electron chi connectivity index (χ1n) is 8.60. The van der Waals surface area contributed by atoms with Gasteiger partial charge < -0.3 is 10.2 Å². The lowest BCUT2D eigenvalue weighted by Gasteiger charge is -2.17. The van der Waals surface area contributed by atoms with E-state index in [1.54, 1.807) is 12.4 Å². The van der Waals surface area contributed by atoms with E-state index in [-0.39, 0.29) is 5.91 Å². The van der Waals surface area contributed by atoms with Crippen LogP contribution in [0.3, 0.4) is 0 Å². The summed E-state index contributed by atoms with van der Waals surface area (Å²) in [7, 11) is 0. The summed E-state index contributed by atoms with van der Waals surface area (Å²) in [5.41, 5.74) is 3.05. The third-order valence-corrected chi connectivity index (χ3v) is 4.37. The van der Waals surface area contributed by atoms with E-state index in [0.29, 0.717) is 11.3 Å². The van der Waals surface area contributed by atoms with Crippen LogP contribution < -0.4 is 5.32 Å². The van der Waals surface area contributed by atoms with Gasteiger partial charge >= 0.3 is 0 Å². The first-order chi connectivity index (χ1) is 12.1. The van der Waals surface area contributed by atoms with Gasteiger partial charge in [-0.25, -0.2) is 0 Å². The molecule has 0 aliphatic rings. The van der Waals surface area contributed by atoms with Gasteiger partial charge in [0.25, 0.3) is 5.91 Å². The maximum Gasteiger partial charge on any atom is 0.257 e. The minimum absolute atomic E-state index is 0.166. The Hall–Kier alpha value is -2.67. The van der Waals surface area contributed by atoms with Crippen molar-refractivity contribution in [3.05, 3.63) is 41.9 Å². The molecule has 2 aromatic heterocycles. The molecule has 2 N–H and O–H groups in total. The number of benzene rings is 1. The number of rotatable bonds is 7. The van der Waals surface area contributed by atoms with Crippen LogP contribution in [0.25, 0.3) is 10.9 Å². The minimum Gasteiger partial charge on any atom is -0.319 e. The van der Waals surface area contributed by atoms with Crippen molar-refractivity contribution in [3.8, 4) is 0 Å². The smallest absolute Gasteiger partial charge is 0.257 e. The number of fused-ring (bicyclic) bond motifs is 1. The third kappa shape index (κ3) is 3.88. The number of aromatic amines is 1. The van der Waals surface area contributed by atoms with Gasteiger partial charge in [0.1, 0.15) is 0 Å². The minimum atomic E-state index is -0.166. The molecule has 3 rings (SSSR count). The van der Waals surface area contributed by atoms with Crippen molar-refractivity contribution in [1.82, 2.24) is 24.9 Å². The molecule has 7 nitrogen and oxygen atoms in total. The van der Waals surface area contributed by atoms with Crippen molar-refractivity contribution in [1.29, 1.82) is 0 Å². The Labute approximate surface area is 147 Å². The summed E-state index contributed by atoms with van der Waals surface area (Å²) in [5, 5.41) is 15.1. The van der Waals surface area contributed by atoms with Crippen LogP contribution in [0.15, 0.2) is 30.7 Å². The molecule has 25 heavy (non-hydrogen) atoms. The summed E-state index contributed by atoms with van der Waals surface area (Å²) in [6.45, 7) is 10.0. The summed E-state index contributed by atoms with van der Waals surface area (Å²) in [4.78, 5) is 15.0. The Balaban J connectivity index is 1.70. The van der Waals surface area contributed by atoms with E-state index in [4.69, 9.17) is 0 Å². The fraction of sp³-hybridized carbons (Fsp3) is 0.389. The second-order valence-corrected chi connectivity index (χ2v) is 6.12. The monoisotopic (exact) mass is 340 g/mol.